The minimum atomic E-state index is -3.45. The smallest absolute Gasteiger partial charge is 0.258 e. The zero-order valence-electron chi connectivity index (χ0n) is 20.5. The second kappa shape index (κ2) is 10.5. The van der Waals surface area contributed by atoms with Crippen molar-refractivity contribution in [3.8, 4) is 0 Å². The van der Waals surface area contributed by atoms with Crippen molar-refractivity contribution in [2.24, 2.45) is 0 Å². The molecule has 0 saturated heterocycles. The zero-order chi connectivity index (χ0) is 25.9. The molecule has 1 heterocycles. The van der Waals surface area contributed by atoms with Crippen molar-refractivity contribution in [2.75, 3.05) is 47.9 Å². The highest BCUT2D eigenvalue weighted by molar-refractivity contribution is 7.92. The Morgan fingerprint density at radius 2 is 1.67 bits per heavy atom. The first-order valence-electron chi connectivity index (χ1n) is 11.6. The SMILES string of the molecule is CCS(=O)(=O)N(CCN(C)C)c1ccc(NC(=C2C(=O)Nc3cc(F)ccc32)c2ccccc2)cc1. The molecule has 0 bridgehead atoms. The van der Waals surface area contributed by atoms with Crippen LogP contribution in [-0.4, -0.2) is 52.2 Å². The Bertz CT molecular complexity index is 1390. The molecule has 0 saturated carbocycles. The van der Waals surface area contributed by atoms with E-state index in [9.17, 15) is 17.6 Å². The molecule has 0 aliphatic carbocycles. The average molecular weight is 509 g/mol. The highest BCUT2D eigenvalue weighted by atomic mass is 32.2. The largest absolute Gasteiger partial charge is 0.354 e. The number of nitrogens with zero attached hydrogens (tertiary/aromatic N) is 2. The third-order valence-corrected chi connectivity index (χ3v) is 7.71. The molecule has 0 atom stereocenters. The maximum atomic E-state index is 13.8. The second-order valence-corrected chi connectivity index (χ2v) is 10.9. The molecule has 0 spiro atoms. The van der Waals surface area contributed by atoms with Crippen LogP contribution >= 0.6 is 0 Å². The Kier molecular flexibility index (Phi) is 7.42. The number of hydrogen-bond acceptors (Lipinski definition) is 5. The molecule has 4 rings (SSSR count). The molecular weight excluding hydrogens is 479 g/mol. The molecule has 1 aliphatic heterocycles. The molecule has 0 fully saturated rings. The number of hydrogen-bond donors (Lipinski definition) is 2. The number of halogens is 1. The number of carbonyl (C=O) groups is 1. The lowest BCUT2D eigenvalue weighted by Gasteiger charge is -2.25. The van der Waals surface area contributed by atoms with Crippen molar-refractivity contribution in [3.63, 3.8) is 0 Å². The topological polar surface area (TPSA) is 81.8 Å². The maximum Gasteiger partial charge on any atom is 0.258 e. The van der Waals surface area contributed by atoms with E-state index in [-0.39, 0.29) is 11.7 Å². The van der Waals surface area contributed by atoms with Gasteiger partial charge >= 0.3 is 0 Å². The van der Waals surface area contributed by atoms with E-state index in [4.69, 9.17) is 0 Å². The van der Waals surface area contributed by atoms with Crippen LogP contribution in [-0.2, 0) is 14.8 Å². The van der Waals surface area contributed by atoms with Crippen LogP contribution in [0.25, 0.3) is 11.3 Å². The molecule has 3 aromatic carbocycles. The maximum absolute atomic E-state index is 13.8. The van der Waals surface area contributed by atoms with E-state index in [1.54, 1.807) is 37.3 Å². The van der Waals surface area contributed by atoms with Gasteiger partial charge in [0.05, 0.1) is 28.4 Å². The standard InChI is InChI=1S/C27H29FN4O3S/c1-4-36(34,35)32(17-16-31(2)3)22-13-11-21(12-14-22)29-26(19-8-6-5-7-9-19)25-23-15-10-20(28)18-24(23)30-27(25)33/h5-15,18,29H,4,16-17H2,1-3H3,(H,30,33). The van der Waals surface area contributed by atoms with Crippen LogP contribution in [0.2, 0.25) is 0 Å². The van der Waals surface area contributed by atoms with E-state index in [1.807, 2.05) is 49.3 Å². The summed E-state index contributed by atoms with van der Waals surface area (Å²) in [4.78, 5) is 14.9. The van der Waals surface area contributed by atoms with Gasteiger partial charge in [-0.2, -0.15) is 0 Å². The van der Waals surface area contributed by atoms with E-state index in [0.717, 1.165) is 5.56 Å². The summed E-state index contributed by atoms with van der Waals surface area (Å²) in [6.45, 7) is 2.55. The van der Waals surface area contributed by atoms with Crippen LogP contribution in [0, 0.1) is 5.82 Å². The normalized spacial score (nSPS) is 14.4. The number of amides is 1. The Balaban J connectivity index is 1.72. The summed E-state index contributed by atoms with van der Waals surface area (Å²) >= 11 is 0. The lowest BCUT2D eigenvalue weighted by atomic mass is 10.00. The van der Waals surface area contributed by atoms with E-state index in [2.05, 4.69) is 10.6 Å². The lowest BCUT2D eigenvalue weighted by Crippen LogP contribution is -2.37. The van der Waals surface area contributed by atoms with Crippen molar-refractivity contribution in [1.29, 1.82) is 0 Å². The lowest BCUT2D eigenvalue weighted by molar-refractivity contribution is -0.110. The first-order valence-corrected chi connectivity index (χ1v) is 13.2. The Labute approximate surface area is 211 Å². The van der Waals surface area contributed by atoms with Crippen LogP contribution in [0.3, 0.4) is 0 Å². The first kappa shape index (κ1) is 25.4. The van der Waals surface area contributed by atoms with Crippen LogP contribution in [0.15, 0.2) is 72.8 Å². The van der Waals surface area contributed by atoms with Gasteiger partial charge in [-0.05, 0) is 69.0 Å². The summed E-state index contributed by atoms with van der Waals surface area (Å²) in [5.74, 6) is -0.761. The zero-order valence-corrected chi connectivity index (χ0v) is 21.3. The highest BCUT2D eigenvalue weighted by Crippen LogP contribution is 2.38. The molecule has 7 nitrogen and oxygen atoms in total. The van der Waals surface area contributed by atoms with Crippen LogP contribution in [0.5, 0.6) is 0 Å². The minimum Gasteiger partial charge on any atom is -0.354 e. The van der Waals surface area contributed by atoms with Gasteiger partial charge in [-0.25, -0.2) is 12.8 Å². The van der Waals surface area contributed by atoms with Gasteiger partial charge in [0, 0.05) is 24.3 Å². The molecule has 3 aromatic rings. The molecular formula is C27H29FN4O3S. The van der Waals surface area contributed by atoms with Gasteiger partial charge in [-0.1, -0.05) is 30.3 Å². The molecule has 0 unspecified atom stereocenters. The Morgan fingerprint density at radius 1 is 0.972 bits per heavy atom. The van der Waals surface area contributed by atoms with E-state index in [1.165, 1.54) is 16.4 Å². The van der Waals surface area contributed by atoms with Gasteiger partial charge < -0.3 is 15.5 Å². The molecule has 0 aromatic heterocycles. The van der Waals surface area contributed by atoms with Crippen molar-refractivity contribution in [2.45, 2.75) is 6.92 Å². The molecule has 2 N–H and O–H groups in total. The monoisotopic (exact) mass is 508 g/mol. The molecule has 1 aliphatic rings. The van der Waals surface area contributed by atoms with E-state index in [0.29, 0.717) is 47.0 Å². The van der Waals surface area contributed by atoms with Gasteiger partial charge in [-0.15, -0.1) is 0 Å². The number of sulfonamides is 1. The third kappa shape index (κ3) is 5.42. The number of benzene rings is 3. The number of carbonyl (C=O) groups excluding carboxylic acids is 1. The number of fused-ring (bicyclic) bond motifs is 1. The van der Waals surface area contributed by atoms with Gasteiger partial charge in [0.15, 0.2) is 0 Å². The van der Waals surface area contributed by atoms with Crippen molar-refractivity contribution in [1.82, 2.24) is 4.90 Å². The van der Waals surface area contributed by atoms with Crippen molar-refractivity contribution < 1.29 is 17.6 Å². The van der Waals surface area contributed by atoms with Gasteiger partial charge in [-0.3, -0.25) is 9.10 Å². The fourth-order valence-corrected chi connectivity index (χ4v) is 5.12. The van der Waals surface area contributed by atoms with E-state index >= 15 is 0 Å². The van der Waals surface area contributed by atoms with E-state index < -0.39 is 15.8 Å². The summed E-state index contributed by atoms with van der Waals surface area (Å²) < 4.78 is 40.6. The summed E-state index contributed by atoms with van der Waals surface area (Å²) in [6, 6.07) is 20.7. The fourth-order valence-electron chi connectivity index (χ4n) is 4.01. The predicted octanol–water partition coefficient (Wildman–Crippen LogP) is 4.48. The summed E-state index contributed by atoms with van der Waals surface area (Å²) in [5.41, 5.74) is 4.02. The Hall–Kier alpha value is -3.69. The highest BCUT2D eigenvalue weighted by Gasteiger charge is 2.29. The number of nitrogens with one attached hydrogen (secondary N) is 2. The van der Waals surface area contributed by atoms with Crippen molar-refractivity contribution >= 4 is 44.3 Å². The third-order valence-electron chi connectivity index (χ3n) is 5.91. The fraction of sp³-hybridized carbons (Fsp3) is 0.222. The second-order valence-electron chi connectivity index (χ2n) is 8.71. The van der Waals surface area contributed by atoms with Gasteiger partial charge in [0.25, 0.3) is 5.91 Å². The average Bonchev–Trinajstić information content (AvgIpc) is 3.18. The summed E-state index contributed by atoms with van der Waals surface area (Å²) in [6.07, 6.45) is 0. The Morgan fingerprint density at radius 3 is 2.31 bits per heavy atom. The number of likely N-dealkylation sites (N-methyl/N-ethyl adjacent to an activating group) is 1. The summed E-state index contributed by atoms with van der Waals surface area (Å²) in [5, 5.41) is 6.08. The molecule has 36 heavy (non-hydrogen) atoms. The van der Waals surface area contributed by atoms with Crippen LogP contribution < -0.4 is 14.9 Å². The quantitative estimate of drug-likeness (QED) is 0.417. The first-order chi connectivity index (χ1) is 17.2. The molecule has 0 radical (unpaired) electrons. The van der Waals surface area contributed by atoms with Gasteiger partial charge in [0.1, 0.15) is 5.82 Å². The molecule has 1 amide bonds. The van der Waals surface area contributed by atoms with Crippen molar-refractivity contribution in [3.05, 3.63) is 89.7 Å². The molecule has 9 heteroatoms. The number of anilines is 3. The predicted molar refractivity (Wildman–Crippen MR) is 144 cm³/mol. The van der Waals surface area contributed by atoms with Gasteiger partial charge in [0.2, 0.25) is 10.0 Å². The molecule has 188 valence electrons. The minimum absolute atomic E-state index is 0.000200. The van der Waals surface area contributed by atoms with Crippen LogP contribution in [0.4, 0.5) is 21.5 Å². The van der Waals surface area contributed by atoms with Crippen LogP contribution in [0.1, 0.15) is 18.1 Å². The number of rotatable bonds is 9. The summed E-state index contributed by atoms with van der Waals surface area (Å²) in [7, 11) is 0.342.